The van der Waals surface area contributed by atoms with Gasteiger partial charge in [0.05, 0.1) is 4.90 Å². The number of benzene rings is 1. The zero-order valence-electron chi connectivity index (χ0n) is 12.2. The van der Waals surface area contributed by atoms with Crippen LogP contribution in [-0.4, -0.2) is 43.8 Å². The molecule has 1 rings (SSSR count). The van der Waals surface area contributed by atoms with Gasteiger partial charge in [0.2, 0.25) is 15.9 Å². The molecule has 0 bridgehead atoms. The predicted octanol–water partition coefficient (Wildman–Crippen LogP) is 0.373. The quantitative estimate of drug-likeness (QED) is 0.817. The summed E-state index contributed by atoms with van der Waals surface area (Å²) in [5.41, 5.74) is -1.34. The lowest BCUT2D eigenvalue weighted by Gasteiger charge is -2.26. The van der Waals surface area contributed by atoms with Crippen molar-refractivity contribution >= 4 is 21.9 Å². The third-order valence-electron chi connectivity index (χ3n) is 3.06. The first kappa shape index (κ1) is 17.1. The molecule has 8 heteroatoms. The number of rotatable bonds is 5. The molecule has 0 fully saturated rings. The van der Waals surface area contributed by atoms with Crippen molar-refractivity contribution in [2.45, 2.75) is 24.3 Å². The minimum atomic E-state index is -3.58. The lowest BCUT2D eigenvalue weighted by molar-refractivity contribution is -0.147. The molecule has 1 aromatic rings. The van der Waals surface area contributed by atoms with Crippen LogP contribution in [0, 0.1) is 0 Å². The maximum Gasteiger partial charge on any atom is 0.333 e. The Morgan fingerprint density at radius 3 is 2.00 bits per heavy atom. The molecule has 0 radical (unpaired) electrons. The molecule has 0 saturated heterocycles. The van der Waals surface area contributed by atoms with Gasteiger partial charge in [0.1, 0.15) is 0 Å². The van der Waals surface area contributed by atoms with Gasteiger partial charge in [0.15, 0.2) is 5.54 Å². The lowest BCUT2D eigenvalue weighted by atomic mass is 9.92. The molecule has 1 unspecified atom stereocenters. The molecule has 116 valence electrons. The number of carboxylic acids is 1. The summed E-state index contributed by atoms with van der Waals surface area (Å²) in [5.74, 6) is -1.73. The number of nitrogens with zero attached hydrogens (tertiary/aromatic N) is 1. The van der Waals surface area contributed by atoms with E-state index in [-0.39, 0.29) is 10.5 Å². The number of nitrogens with one attached hydrogen (secondary N) is 1. The first-order valence-electron chi connectivity index (χ1n) is 6.07. The highest BCUT2D eigenvalue weighted by molar-refractivity contribution is 7.89. The number of hydrogen-bond acceptors (Lipinski definition) is 4. The van der Waals surface area contributed by atoms with Crippen molar-refractivity contribution in [3.63, 3.8) is 0 Å². The van der Waals surface area contributed by atoms with E-state index in [0.29, 0.717) is 0 Å². The minimum Gasteiger partial charge on any atom is -0.479 e. The van der Waals surface area contributed by atoms with Crippen LogP contribution in [0.3, 0.4) is 0 Å². The third-order valence-corrected chi connectivity index (χ3v) is 4.89. The van der Waals surface area contributed by atoms with E-state index in [4.69, 9.17) is 0 Å². The van der Waals surface area contributed by atoms with Crippen LogP contribution < -0.4 is 5.32 Å². The second-order valence-electron chi connectivity index (χ2n) is 4.92. The van der Waals surface area contributed by atoms with E-state index in [2.05, 4.69) is 5.32 Å². The lowest BCUT2D eigenvalue weighted by Crippen LogP contribution is -2.48. The molecular weight excluding hydrogens is 296 g/mol. The van der Waals surface area contributed by atoms with E-state index >= 15 is 0 Å². The summed E-state index contributed by atoms with van der Waals surface area (Å²) in [6.45, 7) is 2.55. The Morgan fingerprint density at radius 1 is 1.19 bits per heavy atom. The highest BCUT2D eigenvalue weighted by Crippen LogP contribution is 2.23. The maximum absolute atomic E-state index is 11.9. The van der Waals surface area contributed by atoms with Crippen LogP contribution in [0.25, 0.3) is 0 Å². The van der Waals surface area contributed by atoms with E-state index in [1.807, 2.05) is 0 Å². The van der Waals surface area contributed by atoms with Gasteiger partial charge >= 0.3 is 5.97 Å². The van der Waals surface area contributed by atoms with Gasteiger partial charge in [0.25, 0.3) is 0 Å². The predicted molar refractivity (Wildman–Crippen MR) is 76.1 cm³/mol. The van der Waals surface area contributed by atoms with Crippen molar-refractivity contribution < 1.29 is 23.1 Å². The largest absolute Gasteiger partial charge is 0.479 e. The molecule has 0 aliphatic carbocycles. The highest BCUT2D eigenvalue weighted by atomic mass is 32.2. The topological polar surface area (TPSA) is 104 Å². The zero-order chi connectivity index (χ0) is 16.4. The molecule has 1 amide bonds. The molecule has 0 aromatic heterocycles. The van der Waals surface area contributed by atoms with E-state index in [1.165, 1.54) is 52.2 Å². The van der Waals surface area contributed by atoms with Crippen molar-refractivity contribution in [3.8, 4) is 0 Å². The second-order valence-corrected chi connectivity index (χ2v) is 7.07. The Labute approximate surface area is 123 Å². The number of carbonyl (C=O) groups excluding carboxylic acids is 1. The number of sulfonamides is 1. The van der Waals surface area contributed by atoms with E-state index in [0.717, 1.165) is 4.31 Å². The smallest absolute Gasteiger partial charge is 0.333 e. The van der Waals surface area contributed by atoms with Crippen LogP contribution in [0.15, 0.2) is 29.2 Å². The highest BCUT2D eigenvalue weighted by Gasteiger charge is 2.36. The summed E-state index contributed by atoms with van der Waals surface area (Å²) in [5, 5.41) is 11.7. The van der Waals surface area contributed by atoms with Gasteiger partial charge in [-0.25, -0.2) is 17.5 Å². The summed E-state index contributed by atoms with van der Waals surface area (Å²) in [4.78, 5) is 22.6. The van der Waals surface area contributed by atoms with Crippen molar-refractivity contribution in [1.29, 1.82) is 0 Å². The molecule has 0 heterocycles. The molecule has 0 saturated carbocycles. The van der Waals surface area contributed by atoms with Crippen LogP contribution in [0.1, 0.15) is 19.4 Å². The maximum atomic E-state index is 11.9. The Hall–Kier alpha value is -1.93. The molecule has 7 nitrogen and oxygen atoms in total. The number of amides is 1. The van der Waals surface area contributed by atoms with Crippen LogP contribution in [0.2, 0.25) is 0 Å². The van der Waals surface area contributed by atoms with Crippen LogP contribution >= 0.6 is 0 Å². The Kier molecular flexibility index (Phi) is 4.75. The molecule has 0 aliphatic rings. The van der Waals surface area contributed by atoms with E-state index < -0.39 is 27.4 Å². The fourth-order valence-electron chi connectivity index (χ4n) is 1.77. The molecule has 21 heavy (non-hydrogen) atoms. The average molecular weight is 314 g/mol. The normalized spacial score (nSPS) is 14.5. The van der Waals surface area contributed by atoms with Gasteiger partial charge in [-0.15, -0.1) is 0 Å². The van der Waals surface area contributed by atoms with Crippen LogP contribution in [0.5, 0.6) is 0 Å². The van der Waals surface area contributed by atoms with Gasteiger partial charge in [-0.3, -0.25) is 4.79 Å². The Bertz CT molecular complexity index is 652. The minimum absolute atomic E-state index is 0.0480. The van der Waals surface area contributed by atoms with Gasteiger partial charge in [0, 0.05) is 21.0 Å². The van der Waals surface area contributed by atoms with Crippen LogP contribution in [-0.2, 0) is 25.2 Å². The zero-order valence-corrected chi connectivity index (χ0v) is 13.1. The standard InChI is InChI=1S/C13H18N2O5S/c1-9(16)14-13(2,12(17)18)10-5-7-11(8-6-10)21(19,20)15(3)4/h5-8H,1-4H3,(H,14,16)(H,17,18). The average Bonchev–Trinajstić information content (AvgIpc) is 2.37. The van der Waals surface area contributed by atoms with Crippen molar-refractivity contribution in [3.05, 3.63) is 29.8 Å². The SMILES string of the molecule is CC(=O)NC(C)(C(=O)O)c1ccc(S(=O)(=O)N(C)C)cc1. The number of carbonyl (C=O) groups is 2. The summed E-state index contributed by atoms with van der Waals surface area (Å²) in [7, 11) is -0.775. The molecule has 0 aliphatic heterocycles. The van der Waals surface area contributed by atoms with Gasteiger partial charge in [-0.05, 0) is 24.6 Å². The van der Waals surface area contributed by atoms with Crippen molar-refractivity contribution in [2.24, 2.45) is 0 Å². The van der Waals surface area contributed by atoms with Crippen molar-refractivity contribution in [1.82, 2.24) is 9.62 Å². The van der Waals surface area contributed by atoms with E-state index in [9.17, 15) is 23.1 Å². The molecule has 0 spiro atoms. The fourth-order valence-corrected chi connectivity index (χ4v) is 2.67. The summed E-state index contributed by atoms with van der Waals surface area (Å²) >= 11 is 0. The third kappa shape index (κ3) is 3.40. The molecular formula is C13H18N2O5S. The summed E-state index contributed by atoms with van der Waals surface area (Å²) < 4.78 is 25.0. The number of hydrogen-bond donors (Lipinski definition) is 2. The molecule has 1 aromatic carbocycles. The van der Waals surface area contributed by atoms with Gasteiger partial charge in [-0.2, -0.15) is 0 Å². The fraction of sp³-hybridized carbons (Fsp3) is 0.385. The van der Waals surface area contributed by atoms with Gasteiger partial charge in [-0.1, -0.05) is 12.1 Å². The first-order valence-corrected chi connectivity index (χ1v) is 7.51. The number of aliphatic carboxylic acids is 1. The summed E-state index contributed by atoms with van der Waals surface area (Å²) in [6, 6.07) is 5.38. The van der Waals surface area contributed by atoms with Crippen LogP contribution in [0.4, 0.5) is 0 Å². The van der Waals surface area contributed by atoms with Crippen molar-refractivity contribution in [2.75, 3.05) is 14.1 Å². The molecule has 2 N–H and O–H groups in total. The Balaban J connectivity index is 3.28. The monoisotopic (exact) mass is 314 g/mol. The summed E-state index contributed by atoms with van der Waals surface area (Å²) in [6.07, 6.45) is 0. The molecule has 1 atom stereocenters. The van der Waals surface area contributed by atoms with Gasteiger partial charge < -0.3 is 10.4 Å². The second kappa shape index (κ2) is 5.82. The number of carboxylic acid groups (broad SMARTS) is 1. The Morgan fingerprint density at radius 2 is 1.67 bits per heavy atom. The van der Waals surface area contributed by atoms with E-state index in [1.54, 1.807) is 0 Å². The first-order chi connectivity index (χ1) is 9.51.